The van der Waals surface area contributed by atoms with Crippen molar-refractivity contribution < 1.29 is 0 Å². The van der Waals surface area contributed by atoms with Crippen LogP contribution in [0.15, 0.2) is 30.3 Å². The van der Waals surface area contributed by atoms with Gasteiger partial charge in [0.25, 0.3) is 0 Å². The van der Waals surface area contributed by atoms with E-state index >= 15 is 0 Å². The Bertz CT molecular complexity index is 314. The number of amidine groups is 1. The van der Waals surface area contributed by atoms with Crippen LogP contribution in [-0.2, 0) is 0 Å². The first kappa shape index (κ1) is 9.86. The van der Waals surface area contributed by atoms with Gasteiger partial charge < -0.3 is 5.73 Å². The number of hydrogen-bond acceptors (Lipinski definition) is 2. The van der Waals surface area contributed by atoms with E-state index in [0.717, 1.165) is 16.9 Å². The maximum Gasteiger partial charge on any atom is 0.122 e. The molecule has 0 fully saturated rings. The standard InChI is InChI=1S/C10H12N2S/c11-10(12)9-5-3-8(4-6-9)2-1-7-13/h1-6,13H,7H2,(H3,11,12). The second kappa shape index (κ2) is 4.72. The van der Waals surface area contributed by atoms with Gasteiger partial charge in [-0.25, -0.2) is 0 Å². The molecule has 1 aromatic carbocycles. The molecule has 0 amide bonds. The zero-order chi connectivity index (χ0) is 9.68. The minimum atomic E-state index is 0.102. The third-order valence-corrected chi connectivity index (χ3v) is 1.85. The van der Waals surface area contributed by atoms with E-state index in [2.05, 4.69) is 12.6 Å². The molecule has 0 spiro atoms. The molecule has 0 saturated heterocycles. The molecule has 13 heavy (non-hydrogen) atoms. The van der Waals surface area contributed by atoms with E-state index in [1.54, 1.807) is 0 Å². The van der Waals surface area contributed by atoms with Crippen molar-refractivity contribution in [1.82, 2.24) is 0 Å². The summed E-state index contributed by atoms with van der Waals surface area (Å²) in [6.45, 7) is 0. The van der Waals surface area contributed by atoms with Crippen LogP contribution in [0.5, 0.6) is 0 Å². The molecular formula is C10H12N2S. The van der Waals surface area contributed by atoms with Crippen molar-refractivity contribution in [3.63, 3.8) is 0 Å². The lowest BCUT2D eigenvalue weighted by molar-refractivity contribution is 1.42. The number of rotatable bonds is 3. The molecule has 2 nitrogen and oxygen atoms in total. The molecular weight excluding hydrogens is 180 g/mol. The first-order valence-corrected chi connectivity index (χ1v) is 4.59. The Morgan fingerprint density at radius 1 is 1.38 bits per heavy atom. The van der Waals surface area contributed by atoms with Crippen LogP contribution in [0.4, 0.5) is 0 Å². The Kier molecular flexibility index (Phi) is 3.58. The summed E-state index contributed by atoms with van der Waals surface area (Å²) < 4.78 is 0. The molecule has 0 atom stereocenters. The molecule has 1 aromatic rings. The average molecular weight is 192 g/mol. The molecule has 0 unspecified atom stereocenters. The highest BCUT2D eigenvalue weighted by molar-refractivity contribution is 7.80. The van der Waals surface area contributed by atoms with Gasteiger partial charge in [0.1, 0.15) is 5.84 Å². The molecule has 0 radical (unpaired) electrons. The molecule has 0 aliphatic carbocycles. The van der Waals surface area contributed by atoms with Crippen molar-refractivity contribution in [3.8, 4) is 0 Å². The fraction of sp³-hybridized carbons (Fsp3) is 0.100. The van der Waals surface area contributed by atoms with E-state index in [-0.39, 0.29) is 5.84 Å². The van der Waals surface area contributed by atoms with Crippen molar-refractivity contribution in [3.05, 3.63) is 41.5 Å². The number of benzene rings is 1. The smallest absolute Gasteiger partial charge is 0.122 e. The van der Waals surface area contributed by atoms with Crippen molar-refractivity contribution in [2.45, 2.75) is 0 Å². The van der Waals surface area contributed by atoms with Gasteiger partial charge in [0, 0.05) is 11.3 Å². The van der Waals surface area contributed by atoms with Crippen LogP contribution in [0.1, 0.15) is 11.1 Å². The van der Waals surface area contributed by atoms with Crippen LogP contribution in [-0.4, -0.2) is 11.6 Å². The van der Waals surface area contributed by atoms with Crippen LogP contribution < -0.4 is 5.73 Å². The lowest BCUT2D eigenvalue weighted by Crippen LogP contribution is -2.10. The van der Waals surface area contributed by atoms with Gasteiger partial charge in [0.15, 0.2) is 0 Å². The minimum absolute atomic E-state index is 0.102. The summed E-state index contributed by atoms with van der Waals surface area (Å²) in [7, 11) is 0. The summed E-state index contributed by atoms with van der Waals surface area (Å²) in [6.07, 6.45) is 3.95. The number of thiol groups is 1. The van der Waals surface area contributed by atoms with E-state index in [9.17, 15) is 0 Å². The highest BCUT2D eigenvalue weighted by Crippen LogP contribution is 2.05. The zero-order valence-electron chi connectivity index (χ0n) is 7.20. The van der Waals surface area contributed by atoms with E-state index < -0.39 is 0 Å². The van der Waals surface area contributed by atoms with E-state index in [0.29, 0.717) is 0 Å². The average Bonchev–Trinajstić information content (AvgIpc) is 2.15. The summed E-state index contributed by atoms with van der Waals surface area (Å²) in [5.41, 5.74) is 7.17. The minimum Gasteiger partial charge on any atom is -0.384 e. The summed E-state index contributed by atoms with van der Waals surface area (Å²) in [6, 6.07) is 7.52. The molecule has 0 saturated carbocycles. The molecule has 0 heterocycles. The van der Waals surface area contributed by atoms with Crippen molar-refractivity contribution in [2.75, 3.05) is 5.75 Å². The first-order chi connectivity index (χ1) is 6.24. The van der Waals surface area contributed by atoms with Gasteiger partial charge in [-0.05, 0) is 5.56 Å². The van der Waals surface area contributed by atoms with E-state index in [1.807, 2.05) is 36.4 Å². The predicted molar refractivity (Wildman–Crippen MR) is 60.3 cm³/mol. The molecule has 0 aromatic heterocycles. The van der Waals surface area contributed by atoms with Crippen LogP contribution in [0.3, 0.4) is 0 Å². The second-order valence-corrected chi connectivity index (χ2v) is 2.99. The van der Waals surface area contributed by atoms with Gasteiger partial charge >= 0.3 is 0 Å². The Balaban J connectivity index is 2.81. The molecule has 3 heteroatoms. The van der Waals surface area contributed by atoms with Gasteiger partial charge in [-0.2, -0.15) is 12.6 Å². The van der Waals surface area contributed by atoms with E-state index in [4.69, 9.17) is 11.1 Å². The summed E-state index contributed by atoms with van der Waals surface area (Å²) in [5, 5.41) is 7.19. The summed E-state index contributed by atoms with van der Waals surface area (Å²) in [5.74, 6) is 0.832. The van der Waals surface area contributed by atoms with Gasteiger partial charge in [-0.15, -0.1) is 0 Å². The van der Waals surface area contributed by atoms with Crippen LogP contribution in [0.25, 0.3) is 6.08 Å². The second-order valence-electron chi connectivity index (χ2n) is 2.62. The lowest BCUT2D eigenvalue weighted by atomic mass is 10.1. The van der Waals surface area contributed by atoms with Crippen LogP contribution >= 0.6 is 12.6 Å². The van der Waals surface area contributed by atoms with Crippen molar-refractivity contribution >= 4 is 24.5 Å². The van der Waals surface area contributed by atoms with Gasteiger partial charge in [0.05, 0.1) is 0 Å². The maximum absolute atomic E-state index is 7.19. The zero-order valence-corrected chi connectivity index (χ0v) is 8.09. The van der Waals surface area contributed by atoms with Gasteiger partial charge in [-0.1, -0.05) is 36.4 Å². The number of nitrogens with one attached hydrogen (secondary N) is 1. The van der Waals surface area contributed by atoms with Crippen LogP contribution in [0, 0.1) is 5.41 Å². The van der Waals surface area contributed by atoms with Crippen molar-refractivity contribution in [1.29, 1.82) is 5.41 Å². The number of hydrogen-bond donors (Lipinski definition) is 3. The Hall–Kier alpha value is -1.22. The monoisotopic (exact) mass is 192 g/mol. The van der Waals surface area contributed by atoms with Gasteiger partial charge in [-0.3, -0.25) is 5.41 Å². The normalized spacial score (nSPS) is 10.5. The fourth-order valence-corrected chi connectivity index (χ4v) is 1.07. The van der Waals surface area contributed by atoms with Gasteiger partial charge in [0.2, 0.25) is 0 Å². The predicted octanol–water partition coefficient (Wildman–Crippen LogP) is 1.91. The molecule has 0 aliphatic rings. The first-order valence-electron chi connectivity index (χ1n) is 3.96. The summed E-state index contributed by atoms with van der Waals surface area (Å²) >= 11 is 4.06. The SMILES string of the molecule is N=C(N)c1ccc(C=CCS)cc1. The number of nitrogens with two attached hydrogens (primary N) is 1. The maximum atomic E-state index is 7.19. The van der Waals surface area contributed by atoms with E-state index in [1.165, 1.54) is 0 Å². The molecule has 3 N–H and O–H groups in total. The molecule has 1 rings (SSSR count). The Morgan fingerprint density at radius 3 is 2.46 bits per heavy atom. The quantitative estimate of drug-likeness (QED) is 0.382. The third-order valence-electron chi connectivity index (χ3n) is 1.64. The number of nitrogen functional groups attached to an aromatic ring is 1. The Labute approximate surface area is 83.4 Å². The molecule has 68 valence electrons. The van der Waals surface area contributed by atoms with Crippen LogP contribution in [0.2, 0.25) is 0 Å². The Morgan fingerprint density at radius 2 is 2.00 bits per heavy atom. The molecule has 0 aliphatic heterocycles. The summed E-state index contributed by atoms with van der Waals surface area (Å²) in [4.78, 5) is 0. The highest BCUT2D eigenvalue weighted by atomic mass is 32.1. The molecule has 0 bridgehead atoms. The fourth-order valence-electron chi connectivity index (χ4n) is 0.963. The topological polar surface area (TPSA) is 49.9 Å². The van der Waals surface area contributed by atoms with Crippen molar-refractivity contribution in [2.24, 2.45) is 5.73 Å². The largest absolute Gasteiger partial charge is 0.384 e. The highest BCUT2D eigenvalue weighted by Gasteiger charge is 1.93. The third kappa shape index (κ3) is 2.95. The lowest BCUT2D eigenvalue weighted by Gasteiger charge is -1.97.